The second-order valence-electron chi connectivity index (χ2n) is 6.16. The van der Waals surface area contributed by atoms with Gasteiger partial charge in [0.1, 0.15) is 5.75 Å². The Hall–Kier alpha value is -2.59. The molecule has 3 rings (SSSR count). The van der Waals surface area contributed by atoms with E-state index in [4.69, 9.17) is 10.5 Å². The Balaban J connectivity index is 1.90. The Bertz CT molecular complexity index is 850. The summed E-state index contributed by atoms with van der Waals surface area (Å²) in [6.07, 6.45) is 5.19. The number of unbranched alkanes of at least 4 members (excludes halogenated alkanes) is 2. The van der Waals surface area contributed by atoms with Crippen molar-refractivity contribution < 1.29 is 9.53 Å². The average molecular weight is 336 g/mol. The largest absolute Gasteiger partial charge is 0.497 e. The number of aryl methyl sites for hydroxylation is 1. The highest BCUT2D eigenvalue weighted by molar-refractivity contribution is 6.16. The molecule has 0 bridgehead atoms. The molecule has 25 heavy (non-hydrogen) atoms. The number of carbonyl (C=O) groups is 1. The molecule has 1 aromatic heterocycles. The molecular weight excluding hydrogens is 312 g/mol. The van der Waals surface area contributed by atoms with Gasteiger partial charge in [0.05, 0.1) is 7.11 Å². The van der Waals surface area contributed by atoms with Crippen LogP contribution in [0.5, 0.6) is 5.75 Å². The number of benzene rings is 2. The first-order chi connectivity index (χ1) is 12.2. The van der Waals surface area contributed by atoms with Crippen molar-refractivity contribution in [2.24, 2.45) is 5.73 Å². The summed E-state index contributed by atoms with van der Waals surface area (Å²) in [6, 6.07) is 15.3. The van der Waals surface area contributed by atoms with Crippen LogP contribution in [0.2, 0.25) is 0 Å². The Kier molecular flexibility index (Phi) is 5.51. The van der Waals surface area contributed by atoms with Gasteiger partial charge in [0.15, 0.2) is 5.78 Å². The number of nitrogens with zero attached hydrogens (tertiary/aromatic N) is 1. The van der Waals surface area contributed by atoms with Crippen LogP contribution in [0.25, 0.3) is 10.9 Å². The standard InChI is InChI=1S/C21H24N2O2/c1-25-17-11-9-16(10-12-17)21(24)19-15-23(14-6-2-5-13-22)20-8-4-3-7-18(19)20/h3-4,7-12,15H,2,5-6,13-14,22H2,1H3. The van der Waals surface area contributed by atoms with Gasteiger partial charge in [-0.25, -0.2) is 0 Å². The quantitative estimate of drug-likeness (QED) is 0.499. The normalized spacial score (nSPS) is 11.0. The van der Waals surface area contributed by atoms with Crippen molar-refractivity contribution in [3.63, 3.8) is 0 Å². The van der Waals surface area contributed by atoms with Gasteiger partial charge in [0, 0.05) is 34.8 Å². The van der Waals surface area contributed by atoms with Crippen LogP contribution >= 0.6 is 0 Å². The summed E-state index contributed by atoms with van der Waals surface area (Å²) >= 11 is 0. The maximum absolute atomic E-state index is 13.0. The minimum absolute atomic E-state index is 0.0413. The number of hydrogen-bond acceptors (Lipinski definition) is 3. The number of aromatic nitrogens is 1. The third-order valence-corrected chi connectivity index (χ3v) is 4.49. The van der Waals surface area contributed by atoms with Gasteiger partial charge in [-0.2, -0.15) is 0 Å². The van der Waals surface area contributed by atoms with Crippen molar-refractivity contribution >= 4 is 16.7 Å². The van der Waals surface area contributed by atoms with Crippen LogP contribution in [0.3, 0.4) is 0 Å². The van der Waals surface area contributed by atoms with E-state index < -0.39 is 0 Å². The number of carbonyl (C=O) groups excluding carboxylic acids is 1. The second-order valence-corrected chi connectivity index (χ2v) is 6.16. The molecule has 3 aromatic rings. The lowest BCUT2D eigenvalue weighted by atomic mass is 10.0. The fourth-order valence-corrected chi connectivity index (χ4v) is 3.11. The average Bonchev–Trinajstić information content (AvgIpc) is 3.03. The smallest absolute Gasteiger partial charge is 0.195 e. The molecule has 4 nitrogen and oxygen atoms in total. The first-order valence-electron chi connectivity index (χ1n) is 8.71. The predicted octanol–water partition coefficient (Wildman–Crippen LogP) is 4.01. The Labute approximate surface area is 148 Å². The molecule has 130 valence electrons. The molecule has 0 saturated heterocycles. The van der Waals surface area contributed by atoms with Crippen LogP contribution in [0.15, 0.2) is 54.7 Å². The van der Waals surface area contributed by atoms with Crippen LogP contribution in [0.1, 0.15) is 35.2 Å². The minimum Gasteiger partial charge on any atom is -0.497 e. The van der Waals surface area contributed by atoms with Gasteiger partial charge >= 0.3 is 0 Å². The number of methoxy groups -OCH3 is 1. The molecule has 0 saturated carbocycles. The molecule has 0 aliphatic carbocycles. The first kappa shape index (κ1) is 17.2. The Morgan fingerprint density at radius 1 is 1.04 bits per heavy atom. The molecule has 1 heterocycles. The summed E-state index contributed by atoms with van der Waals surface area (Å²) in [5.74, 6) is 0.790. The molecule has 0 spiro atoms. The minimum atomic E-state index is 0.0413. The number of ketones is 1. The van der Waals surface area contributed by atoms with E-state index in [1.807, 2.05) is 48.7 Å². The molecule has 2 aromatic carbocycles. The highest BCUT2D eigenvalue weighted by Gasteiger charge is 2.16. The summed E-state index contributed by atoms with van der Waals surface area (Å²) in [5, 5.41) is 1.00. The van der Waals surface area contributed by atoms with Crippen LogP contribution in [0, 0.1) is 0 Å². The van der Waals surface area contributed by atoms with E-state index in [1.165, 1.54) is 0 Å². The van der Waals surface area contributed by atoms with Crippen molar-refractivity contribution in [1.82, 2.24) is 4.57 Å². The van der Waals surface area contributed by atoms with E-state index in [0.29, 0.717) is 5.56 Å². The number of ether oxygens (including phenoxy) is 1. The lowest BCUT2D eigenvalue weighted by Gasteiger charge is -2.04. The Morgan fingerprint density at radius 3 is 2.52 bits per heavy atom. The van der Waals surface area contributed by atoms with Gasteiger partial charge in [0.25, 0.3) is 0 Å². The zero-order chi connectivity index (χ0) is 17.6. The van der Waals surface area contributed by atoms with E-state index in [9.17, 15) is 4.79 Å². The summed E-state index contributed by atoms with van der Waals surface area (Å²) in [4.78, 5) is 13.0. The predicted molar refractivity (Wildman–Crippen MR) is 101 cm³/mol. The molecule has 0 aliphatic rings. The molecule has 0 aliphatic heterocycles. The third-order valence-electron chi connectivity index (χ3n) is 4.49. The van der Waals surface area contributed by atoms with Crippen LogP contribution in [-0.2, 0) is 6.54 Å². The molecule has 2 N–H and O–H groups in total. The third kappa shape index (κ3) is 3.74. The zero-order valence-electron chi connectivity index (χ0n) is 14.6. The molecule has 0 amide bonds. The van der Waals surface area contributed by atoms with Gasteiger partial charge in [-0.3, -0.25) is 4.79 Å². The second kappa shape index (κ2) is 7.99. The van der Waals surface area contributed by atoms with Crippen molar-refractivity contribution in [3.8, 4) is 5.75 Å². The van der Waals surface area contributed by atoms with Gasteiger partial charge in [0.2, 0.25) is 0 Å². The molecule has 4 heteroatoms. The maximum atomic E-state index is 13.0. The highest BCUT2D eigenvalue weighted by Crippen LogP contribution is 2.25. The monoisotopic (exact) mass is 336 g/mol. The van der Waals surface area contributed by atoms with Crippen LogP contribution in [-0.4, -0.2) is 24.0 Å². The van der Waals surface area contributed by atoms with E-state index in [2.05, 4.69) is 10.6 Å². The lowest BCUT2D eigenvalue weighted by Crippen LogP contribution is -2.02. The number of fused-ring (bicyclic) bond motifs is 1. The zero-order valence-corrected chi connectivity index (χ0v) is 14.6. The van der Waals surface area contributed by atoms with Crippen molar-refractivity contribution in [3.05, 3.63) is 65.9 Å². The van der Waals surface area contributed by atoms with Gasteiger partial charge in [-0.15, -0.1) is 0 Å². The SMILES string of the molecule is COc1ccc(C(=O)c2cn(CCCCCN)c3ccccc23)cc1. The van der Waals surface area contributed by atoms with E-state index >= 15 is 0 Å². The number of nitrogens with two attached hydrogens (primary N) is 1. The topological polar surface area (TPSA) is 57.2 Å². The van der Waals surface area contributed by atoms with E-state index in [1.54, 1.807) is 7.11 Å². The van der Waals surface area contributed by atoms with Crippen LogP contribution < -0.4 is 10.5 Å². The van der Waals surface area contributed by atoms with Gasteiger partial charge in [-0.05, 0) is 49.7 Å². The summed E-state index contributed by atoms with van der Waals surface area (Å²) in [7, 11) is 1.62. The van der Waals surface area contributed by atoms with Crippen molar-refractivity contribution in [2.45, 2.75) is 25.8 Å². The van der Waals surface area contributed by atoms with Gasteiger partial charge in [-0.1, -0.05) is 24.6 Å². The van der Waals surface area contributed by atoms with Gasteiger partial charge < -0.3 is 15.0 Å². The molecule has 0 radical (unpaired) electrons. The van der Waals surface area contributed by atoms with E-state index in [0.717, 1.165) is 54.6 Å². The molecule has 0 unspecified atom stereocenters. The highest BCUT2D eigenvalue weighted by atomic mass is 16.5. The number of rotatable bonds is 8. The fourth-order valence-electron chi connectivity index (χ4n) is 3.11. The molecule has 0 fully saturated rings. The van der Waals surface area contributed by atoms with Crippen LogP contribution in [0.4, 0.5) is 0 Å². The fraction of sp³-hybridized carbons (Fsp3) is 0.286. The number of para-hydroxylation sites is 1. The lowest BCUT2D eigenvalue weighted by molar-refractivity contribution is 0.104. The van der Waals surface area contributed by atoms with Crippen molar-refractivity contribution in [1.29, 1.82) is 0 Å². The maximum Gasteiger partial charge on any atom is 0.195 e. The number of hydrogen-bond donors (Lipinski definition) is 1. The summed E-state index contributed by atoms with van der Waals surface area (Å²) in [6.45, 7) is 1.63. The Morgan fingerprint density at radius 2 is 1.80 bits per heavy atom. The molecular formula is C21H24N2O2. The first-order valence-corrected chi connectivity index (χ1v) is 8.71. The molecule has 0 atom stereocenters. The van der Waals surface area contributed by atoms with Crippen molar-refractivity contribution in [2.75, 3.05) is 13.7 Å². The summed E-state index contributed by atoms with van der Waals surface area (Å²) in [5.41, 5.74) is 8.09. The van der Waals surface area contributed by atoms with E-state index in [-0.39, 0.29) is 5.78 Å². The summed E-state index contributed by atoms with van der Waals surface area (Å²) < 4.78 is 7.35.